The Labute approximate surface area is 148 Å². The van der Waals surface area contributed by atoms with Gasteiger partial charge in [-0.05, 0) is 36.8 Å². The standard InChI is InChI=1S/C17H17FN2O4S/c1-11(25-15-7-5-14(6-8-15)20(23)24)17(22)19-10-16(21)12-3-2-4-13(18)9-12/h2-9,11,16,21H,10H2,1H3,(H,19,22). The molecule has 2 atom stereocenters. The average Bonchev–Trinajstić information content (AvgIpc) is 2.59. The molecule has 0 aliphatic carbocycles. The first kappa shape index (κ1) is 18.9. The highest BCUT2D eigenvalue weighted by Crippen LogP contribution is 2.25. The number of nitrogens with one attached hydrogen (secondary N) is 1. The first-order valence-corrected chi connectivity index (χ1v) is 8.37. The normalized spacial score (nSPS) is 13.1. The summed E-state index contributed by atoms with van der Waals surface area (Å²) in [6.07, 6.45) is -1.00. The Hall–Kier alpha value is -2.45. The minimum atomic E-state index is -1.00. The van der Waals surface area contributed by atoms with E-state index in [2.05, 4.69) is 5.32 Å². The van der Waals surface area contributed by atoms with Crippen LogP contribution in [-0.4, -0.2) is 27.7 Å². The van der Waals surface area contributed by atoms with Crippen LogP contribution in [0.3, 0.4) is 0 Å². The van der Waals surface area contributed by atoms with Crippen LogP contribution in [0.4, 0.5) is 10.1 Å². The fourth-order valence-corrected chi connectivity index (χ4v) is 2.97. The Morgan fingerprint density at radius 2 is 2.00 bits per heavy atom. The van der Waals surface area contributed by atoms with E-state index in [1.54, 1.807) is 25.1 Å². The number of halogens is 1. The molecule has 0 aliphatic rings. The number of thioether (sulfide) groups is 1. The molecule has 25 heavy (non-hydrogen) atoms. The van der Waals surface area contributed by atoms with Gasteiger partial charge in [-0.15, -0.1) is 11.8 Å². The van der Waals surface area contributed by atoms with Crippen molar-refractivity contribution in [3.8, 4) is 0 Å². The summed E-state index contributed by atoms with van der Waals surface area (Å²) in [5.74, 6) is -0.747. The summed E-state index contributed by atoms with van der Waals surface area (Å²) in [5, 5.41) is 22.8. The molecule has 2 aromatic rings. The fraction of sp³-hybridized carbons (Fsp3) is 0.235. The van der Waals surface area contributed by atoms with Gasteiger partial charge in [0, 0.05) is 23.6 Å². The number of amides is 1. The zero-order valence-corrected chi connectivity index (χ0v) is 14.2. The number of carbonyl (C=O) groups excluding carboxylic acids is 1. The van der Waals surface area contributed by atoms with Gasteiger partial charge in [-0.3, -0.25) is 14.9 Å². The second kappa shape index (κ2) is 8.59. The molecule has 132 valence electrons. The van der Waals surface area contributed by atoms with E-state index in [0.29, 0.717) is 5.56 Å². The van der Waals surface area contributed by atoms with Crippen molar-refractivity contribution in [3.05, 3.63) is 70.0 Å². The molecule has 0 bridgehead atoms. The van der Waals surface area contributed by atoms with Crippen LogP contribution in [0.5, 0.6) is 0 Å². The molecule has 0 saturated carbocycles. The summed E-state index contributed by atoms with van der Waals surface area (Å²) < 4.78 is 13.1. The maximum atomic E-state index is 13.1. The topological polar surface area (TPSA) is 92.5 Å². The highest BCUT2D eigenvalue weighted by molar-refractivity contribution is 8.00. The van der Waals surface area contributed by atoms with Crippen molar-refractivity contribution in [3.63, 3.8) is 0 Å². The third-order valence-electron chi connectivity index (χ3n) is 3.43. The van der Waals surface area contributed by atoms with Gasteiger partial charge in [0.2, 0.25) is 5.91 Å². The molecule has 0 fully saturated rings. The first-order chi connectivity index (χ1) is 11.9. The van der Waals surface area contributed by atoms with Gasteiger partial charge in [-0.2, -0.15) is 0 Å². The van der Waals surface area contributed by atoms with Crippen molar-refractivity contribution in [2.24, 2.45) is 0 Å². The zero-order chi connectivity index (χ0) is 18.4. The van der Waals surface area contributed by atoms with E-state index >= 15 is 0 Å². The van der Waals surface area contributed by atoms with Crippen molar-refractivity contribution < 1.29 is 19.2 Å². The number of hydrogen-bond donors (Lipinski definition) is 2. The third kappa shape index (κ3) is 5.54. The van der Waals surface area contributed by atoms with E-state index < -0.39 is 22.1 Å². The Balaban J connectivity index is 1.86. The number of benzene rings is 2. The van der Waals surface area contributed by atoms with E-state index in [1.807, 2.05) is 0 Å². The van der Waals surface area contributed by atoms with Crippen LogP contribution in [0.1, 0.15) is 18.6 Å². The van der Waals surface area contributed by atoms with Gasteiger partial charge < -0.3 is 10.4 Å². The Morgan fingerprint density at radius 1 is 1.32 bits per heavy atom. The summed E-state index contributed by atoms with van der Waals surface area (Å²) >= 11 is 1.25. The second-order valence-corrected chi connectivity index (χ2v) is 6.74. The van der Waals surface area contributed by atoms with E-state index in [9.17, 15) is 24.4 Å². The monoisotopic (exact) mass is 364 g/mol. The van der Waals surface area contributed by atoms with E-state index in [0.717, 1.165) is 4.90 Å². The SMILES string of the molecule is CC(Sc1ccc([N+](=O)[O-])cc1)C(=O)NCC(O)c1cccc(F)c1. The molecule has 0 aromatic heterocycles. The van der Waals surface area contributed by atoms with Crippen molar-refractivity contribution in [1.29, 1.82) is 0 Å². The molecule has 2 N–H and O–H groups in total. The average molecular weight is 364 g/mol. The summed E-state index contributed by atoms with van der Waals surface area (Å²) in [4.78, 5) is 23.0. The third-order valence-corrected chi connectivity index (χ3v) is 4.54. The summed E-state index contributed by atoms with van der Waals surface area (Å²) in [6.45, 7) is 1.66. The summed E-state index contributed by atoms with van der Waals surface area (Å²) in [6, 6.07) is 11.5. The highest BCUT2D eigenvalue weighted by Gasteiger charge is 2.17. The Morgan fingerprint density at radius 3 is 2.60 bits per heavy atom. The van der Waals surface area contributed by atoms with Gasteiger partial charge in [0.25, 0.3) is 5.69 Å². The number of nitro benzene ring substituents is 1. The summed E-state index contributed by atoms with van der Waals surface area (Å²) in [7, 11) is 0. The lowest BCUT2D eigenvalue weighted by molar-refractivity contribution is -0.384. The molecule has 0 aliphatic heterocycles. The molecule has 2 aromatic carbocycles. The van der Waals surface area contributed by atoms with E-state index in [4.69, 9.17) is 0 Å². The smallest absolute Gasteiger partial charge is 0.269 e. The molecule has 2 unspecified atom stereocenters. The number of non-ortho nitro benzene ring substituents is 1. The van der Waals surface area contributed by atoms with Gasteiger partial charge in [0.1, 0.15) is 5.82 Å². The number of nitrogens with zero attached hydrogens (tertiary/aromatic N) is 1. The van der Waals surface area contributed by atoms with Crippen LogP contribution in [-0.2, 0) is 4.79 Å². The molecule has 1 amide bonds. The first-order valence-electron chi connectivity index (χ1n) is 7.49. The maximum absolute atomic E-state index is 13.1. The van der Waals surface area contributed by atoms with Gasteiger partial charge in [-0.1, -0.05) is 12.1 Å². The lowest BCUT2D eigenvalue weighted by Crippen LogP contribution is -2.34. The van der Waals surface area contributed by atoms with Gasteiger partial charge in [0.05, 0.1) is 16.3 Å². The van der Waals surface area contributed by atoms with Crippen LogP contribution in [0, 0.1) is 15.9 Å². The fourth-order valence-electron chi connectivity index (χ4n) is 2.08. The zero-order valence-electron chi connectivity index (χ0n) is 13.4. The van der Waals surface area contributed by atoms with E-state index in [-0.39, 0.29) is 18.1 Å². The number of rotatable bonds is 7. The molecular formula is C17H17FN2O4S. The van der Waals surface area contributed by atoms with Crippen LogP contribution in [0.2, 0.25) is 0 Å². The second-order valence-electron chi connectivity index (χ2n) is 5.33. The summed E-state index contributed by atoms with van der Waals surface area (Å²) in [5.41, 5.74) is 0.371. The largest absolute Gasteiger partial charge is 0.387 e. The lowest BCUT2D eigenvalue weighted by atomic mass is 10.1. The van der Waals surface area contributed by atoms with Crippen LogP contribution in [0.15, 0.2) is 53.4 Å². The van der Waals surface area contributed by atoms with Crippen molar-refractivity contribution >= 4 is 23.4 Å². The van der Waals surface area contributed by atoms with Crippen LogP contribution < -0.4 is 5.32 Å². The van der Waals surface area contributed by atoms with Crippen molar-refractivity contribution in [1.82, 2.24) is 5.32 Å². The lowest BCUT2D eigenvalue weighted by Gasteiger charge is -2.15. The van der Waals surface area contributed by atoms with Gasteiger partial charge in [0.15, 0.2) is 0 Å². The van der Waals surface area contributed by atoms with Crippen molar-refractivity contribution in [2.75, 3.05) is 6.54 Å². The molecular weight excluding hydrogens is 347 g/mol. The minimum Gasteiger partial charge on any atom is -0.387 e. The number of aliphatic hydroxyl groups excluding tert-OH is 1. The predicted octanol–water partition coefficient (Wildman–Crippen LogP) is 3.06. The minimum absolute atomic E-state index is 0.0142. The number of carbonyl (C=O) groups is 1. The molecule has 6 nitrogen and oxygen atoms in total. The van der Waals surface area contributed by atoms with Crippen LogP contribution >= 0.6 is 11.8 Å². The van der Waals surface area contributed by atoms with Crippen molar-refractivity contribution in [2.45, 2.75) is 23.2 Å². The molecule has 2 rings (SSSR count). The Kier molecular flexibility index (Phi) is 6.49. The van der Waals surface area contributed by atoms with E-state index in [1.165, 1.54) is 42.1 Å². The Bertz CT molecular complexity index is 755. The number of nitro groups is 1. The molecule has 0 heterocycles. The molecule has 0 spiro atoms. The van der Waals surface area contributed by atoms with Gasteiger partial charge in [-0.25, -0.2) is 4.39 Å². The molecule has 0 saturated heterocycles. The molecule has 8 heteroatoms. The predicted molar refractivity (Wildman–Crippen MR) is 92.8 cm³/mol. The number of aliphatic hydroxyl groups is 1. The number of hydrogen-bond acceptors (Lipinski definition) is 5. The quantitative estimate of drug-likeness (QED) is 0.447. The highest BCUT2D eigenvalue weighted by atomic mass is 32.2. The van der Waals surface area contributed by atoms with Gasteiger partial charge >= 0.3 is 0 Å². The maximum Gasteiger partial charge on any atom is 0.269 e. The van der Waals surface area contributed by atoms with Crippen LogP contribution in [0.25, 0.3) is 0 Å². The molecule has 0 radical (unpaired) electrons.